The summed E-state index contributed by atoms with van der Waals surface area (Å²) in [7, 11) is 0. The lowest BCUT2D eigenvalue weighted by atomic mass is 9.99. The van der Waals surface area contributed by atoms with E-state index in [9.17, 15) is 9.90 Å². The van der Waals surface area contributed by atoms with Gasteiger partial charge in [-0.15, -0.1) is 21.5 Å². The predicted octanol–water partition coefficient (Wildman–Crippen LogP) is 4.58. The topological polar surface area (TPSA) is 110 Å². The van der Waals surface area contributed by atoms with Crippen LogP contribution in [0.25, 0.3) is 5.00 Å². The molecule has 0 bridgehead atoms. The number of fused-ring (bicyclic) bond motifs is 3. The summed E-state index contributed by atoms with van der Waals surface area (Å²) < 4.78 is 3.85. The minimum Gasteiger partial charge on any atom is -0.481 e. The van der Waals surface area contributed by atoms with Crippen LogP contribution in [0.4, 0.5) is 11.5 Å². The molecule has 1 aromatic carbocycles. The number of carboxylic acid groups (broad SMARTS) is 1. The van der Waals surface area contributed by atoms with Crippen molar-refractivity contribution in [3.05, 3.63) is 69.7 Å². The molecule has 4 aromatic rings. The van der Waals surface area contributed by atoms with Gasteiger partial charge < -0.3 is 10.4 Å². The predicted molar refractivity (Wildman–Crippen MR) is 132 cm³/mol. The number of hydrogen-bond donors (Lipinski definition) is 2. The van der Waals surface area contributed by atoms with Gasteiger partial charge in [0.05, 0.1) is 18.3 Å². The molecule has 0 spiro atoms. The molecule has 34 heavy (non-hydrogen) atoms. The zero-order valence-corrected chi connectivity index (χ0v) is 20.2. The number of thiophene rings is 1. The molecular weight excluding hydrogens is 450 g/mol. The van der Waals surface area contributed by atoms with Crippen LogP contribution in [0.5, 0.6) is 0 Å². The van der Waals surface area contributed by atoms with Crippen LogP contribution < -0.4 is 5.32 Å². The van der Waals surface area contributed by atoms with Gasteiger partial charge in [0.15, 0.2) is 5.82 Å². The van der Waals surface area contributed by atoms with Gasteiger partial charge in [0.25, 0.3) is 0 Å². The van der Waals surface area contributed by atoms with Crippen molar-refractivity contribution in [1.82, 2.24) is 24.5 Å². The van der Waals surface area contributed by atoms with Crippen LogP contribution in [0.3, 0.4) is 0 Å². The fraction of sp³-hybridized carbons (Fsp3) is 0.292. The molecule has 0 aliphatic carbocycles. The molecule has 0 fully saturated rings. The molecule has 0 saturated carbocycles. The maximum Gasteiger partial charge on any atom is 0.306 e. The normalized spacial score (nSPS) is 14.8. The van der Waals surface area contributed by atoms with Crippen molar-refractivity contribution in [3.8, 4) is 5.00 Å². The Morgan fingerprint density at radius 1 is 1.15 bits per heavy atom. The molecule has 0 amide bonds. The van der Waals surface area contributed by atoms with Gasteiger partial charge >= 0.3 is 5.97 Å². The highest BCUT2D eigenvalue weighted by Gasteiger charge is 2.32. The highest BCUT2D eigenvalue weighted by molar-refractivity contribution is 7.15. The molecule has 0 saturated heterocycles. The largest absolute Gasteiger partial charge is 0.481 e. The molecule has 9 nitrogen and oxygen atoms in total. The number of anilines is 2. The van der Waals surface area contributed by atoms with E-state index in [1.807, 2.05) is 53.4 Å². The second-order valence-corrected chi connectivity index (χ2v) is 9.43. The minimum atomic E-state index is -0.925. The van der Waals surface area contributed by atoms with Gasteiger partial charge in [-0.25, -0.2) is 4.68 Å². The molecule has 174 valence electrons. The van der Waals surface area contributed by atoms with Gasteiger partial charge in [0.1, 0.15) is 22.7 Å². The molecule has 3 aromatic heterocycles. The summed E-state index contributed by atoms with van der Waals surface area (Å²) in [6, 6.07) is 9.33. The summed E-state index contributed by atoms with van der Waals surface area (Å²) in [6.45, 7) is 8.87. The molecule has 5 rings (SSSR count). The number of benzene rings is 1. The fourth-order valence-corrected chi connectivity index (χ4v) is 5.45. The van der Waals surface area contributed by atoms with Gasteiger partial charge in [-0.1, -0.05) is 12.1 Å². The second kappa shape index (κ2) is 8.53. The number of nitrogens with zero attached hydrogens (tertiary/aromatic N) is 6. The Morgan fingerprint density at radius 2 is 1.91 bits per heavy atom. The Balaban J connectivity index is 1.61. The first-order chi connectivity index (χ1) is 16.4. The van der Waals surface area contributed by atoms with E-state index in [1.54, 1.807) is 17.5 Å². The summed E-state index contributed by atoms with van der Waals surface area (Å²) in [6.07, 6.45) is 1.61. The van der Waals surface area contributed by atoms with E-state index in [0.29, 0.717) is 5.82 Å². The molecular formula is C24H25N7O2S. The number of aryl methyl sites for hydroxylation is 3. The fourth-order valence-electron chi connectivity index (χ4n) is 4.24. The summed E-state index contributed by atoms with van der Waals surface area (Å²) in [4.78, 5) is 17.8. The van der Waals surface area contributed by atoms with Crippen molar-refractivity contribution >= 4 is 34.5 Å². The molecule has 1 aliphatic heterocycles. The third-order valence-electron chi connectivity index (χ3n) is 6.05. The molecule has 1 aliphatic rings. The van der Waals surface area contributed by atoms with Gasteiger partial charge in [-0.05, 0) is 45.4 Å². The number of rotatable bonds is 6. The summed E-state index contributed by atoms with van der Waals surface area (Å²) in [5.74, 6) is 1.27. The average molecular weight is 476 g/mol. The van der Waals surface area contributed by atoms with E-state index < -0.39 is 12.0 Å². The van der Waals surface area contributed by atoms with E-state index in [-0.39, 0.29) is 6.42 Å². The third kappa shape index (κ3) is 3.69. The van der Waals surface area contributed by atoms with Crippen LogP contribution in [0.1, 0.15) is 52.6 Å². The number of hydrogen-bond acceptors (Lipinski definition) is 7. The monoisotopic (exact) mass is 475 g/mol. The SMILES string of the molecule is CCn1nccc1Nc1ccc(C2=N[C@@H](CC(=O)O)c3nnc(C)n3-c3sc(C)c(C)c32)cc1. The van der Waals surface area contributed by atoms with Crippen molar-refractivity contribution in [3.63, 3.8) is 0 Å². The Kier molecular flexibility index (Phi) is 5.52. The van der Waals surface area contributed by atoms with Crippen molar-refractivity contribution in [1.29, 1.82) is 0 Å². The number of aliphatic carboxylic acids is 1. The summed E-state index contributed by atoms with van der Waals surface area (Å²) in [5.41, 5.74) is 4.76. The average Bonchev–Trinajstić information content (AvgIpc) is 3.47. The van der Waals surface area contributed by atoms with Crippen LogP contribution >= 0.6 is 11.3 Å². The van der Waals surface area contributed by atoms with Crippen LogP contribution in [-0.4, -0.2) is 41.3 Å². The quantitative estimate of drug-likeness (QED) is 0.422. The Labute approximate surface area is 200 Å². The van der Waals surface area contributed by atoms with E-state index in [0.717, 1.165) is 51.3 Å². The summed E-state index contributed by atoms with van der Waals surface area (Å²) in [5, 5.41) is 26.8. The molecule has 0 radical (unpaired) electrons. The number of carbonyl (C=O) groups is 1. The number of nitrogens with one attached hydrogen (secondary N) is 1. The van der Waals surface area contributed by atoms with Gasteiger partial charge in [-0.2, -0.15) is 5.10 Å². The third-order valence-corrected chi connectivity index (χ3v) is 7.25. The highest BCUT2D eigenvalue weighted by Crippen LogP contribution is 2.39. The first-order valence-electron chi connectivity index (χ1n) is 11.1. The molecule has 4 heterocycles. The Hall–Kier alpha value is -3.79. The maximum absolute atomic E-state index is 11.7. The Bertz CT molecular complexity index is 1410. The van der Waals surface area contributed by atoms with Crippen molar-refractivity contribution in [2.45, 2.75) is 46.7 Å². The first-order valence-corrected chi connectivity index (χ1v) is 11.9. The van der Waals surface area contributed by atoms with Crippen LogP contribution in [-0.2, 0) is 11.3 Å². The second-order valence-electron chi connectivity index (χ2n) is 8.23. The van der Waals surface area contributed by atoms with E-state index >= 15 is 0 Å². The van der Waals surface area contributed by atoms with Gasteiger partial charge in [-0.3, -0.25) is 14.4 Å². The lowest BCUT2D eigenvalue weighted by Crippen LogP contribution is -2.10. The number of aromatic nitrogens is 5. The zero-order valence-electron chi connectivity index (χ0n) is 19.4. The molecule has 0 unspecified atom stereocenters. The Morgan fingerprint density at radius 3 is 2.62 bits per heavy atom. The first kappa shape index (κ1) is 22.0. The van der Waals surface area contributed by atoms with Crippen molar-refractivity contribution in [2.24, 2.45) is 4.99 Å². The lowest BCUT2D eigenvalue weighted by molar-refractivity contribution is -0.137. The minimum absolute atomic E-state index is 0.157. The standard InChI is InChI=1S/C24H25N7O2S/c1-5-30-19(10-11-25-30)26-17-8-6-16(7-9-17)22-21-13(2)14(3)34-24(21)31-15(4)28-29-23(31)18(27-22)12-20(32)33/h6-11,18,26H,5,12H2,1-4H3,(H,32,33)/t18-/m0/s1. The zero-order chi connectivity index (χ0) is 24.0. The van der Waals surface area contributed by atoms with Crippen LogP contribution in [0.15, 0.2) is 41.5 Å². The van der Waals surface area contributed by atoms with Crippen molar-refractivity contribution in [2.75, 3.05) is 5.32 Å². The van der Waals surface area contributed by atoms with Crippen LogP contribution in [0, 0.1) is 20.8 Å². The van der Waals surface area contributed by atoms with Crippen molar-refractivity contribution < 1.29 is 9.90 Å². The van der Waals surface area contributed by atoms with Crippen LogP contribution in [0.2, 0.25) is 0 Å². The number of aliphatic imine (C=N–C) groups is 1. The van der Waals surface area contributed by atoms with Gasteiger partial charge in [0.2, 0.25) is 0 Å². The van der Waals surface area contributed by atoms with E-state index in [4.69, 9.17) is 4.99 Å². The molecule has 1 atom stereocenters. The lowest BCUT2D eigenvalue weighted by Gasteiger charge is -2.12. The highest BCUT2D eigenvalue weighted by atomic mass is 32.1. The summed E-state index contributed by atoms with van der Waals surface area (Å²) >= 11 is 1.65. The maximum atomic E-state index is 11.7. The smallest absolute Gasteiger partial charge is 0.306 e. The molecule has 10 heteroatoms. The van der Waals surface area contributed by atoms with E-state index in [1.165, 1.54) is 4.88 Å². The van der Waals surface area contributed by atoms with Gasteiger partial charge in [0, 0.05) is 34.3 Å². The molecule has 2 N–H and O–H groups in total. The number of carboxylic acids is 1. The van der Waals surface area contributed by atoms with E-state index in [2.05, 4.69) is 34.5 Å².